The molecule has 1 aromatic heterocycles. The van der Waals surface area contributed by atoms with E-state index in [4.69, 9.17) is 0 Å². The van der Waals surface area contributed by atoms with E-state index in [0.29, 0.717) is 0 Å². The summed E-state index contributed by atoms with van der Waals surface area (Å²) in [6, 6.07) is 8.58. The lowest BCUT2D eigenvalue weighted by atomic mass is 9.85. The Morgan fingerprint density at radius 3 is 2.04 bits per heavy atom. The van der Waals surface area contributed by atoms with E-state index in [2.05, 4.69) is 70.4 Å². The molecule has 1 saturated carbocycles. The van der Waals surface area contributed by atoms with Crippen molar-refractivity contribution < 1.29 is 8.78 Å². The minimum atomic E-state index is -2.50. The summed E-state index contributed by atoms with van der Waals surface area (Å²) in [5, 5.41) is 1.15. The molecule has 1 heterocycles. The largest absolute Gasteiger partial charge is 0.341 e. The second-order valence-corrected chi connectivity index (χ2v) is 9.09. The number of hydrogen-bond donors (Lipinski definition) is 0. The van der Waals surface area contributed by atoms with Crippen LogP contribution in [0.5, 0.6) is 0 Å². The summed E-state index contributed by atoms with van der Waals surface area (Å²) in [7, 11) is 0. The first-order chi connectivity index (χ1) is 10.4. The van der Waals surface area contributed by atoms with Crippen LogP contribution in [0.25, 0.3) is 10.9 Å². The third-order valence-corrected chi connectivity index (χ3v) is 4.91. The quantitative estimate of drug-likeness (QED) is 0.589. The van der Waals surface area contributed by atoms with Crippen molar-refractivity contribution in [1.82, 2.24) is 4.57 Å². The van der Waals surface area contributed by atoms with Gasteiger partial charge in [0.2, 0.25) is 0 Å². The molecule has 1 fully saturated rings. The van der Waals surface area contributed by atoms with Crippen LogP contribution in [0.3, 0.4) is 0 Å². The van der Waals surface area contributed by atoms with Gasteiger partial charge >= 0.3 is 0 Å². The molecular weight excluding hydrogens is 292 g/mol. The summed E-state index contributed by atoms with van der Waals surface area (Å²) in [5.74, 6) is -2.50. The summed E-state index contributed by atoms with van der Waals surface area (Å²) >= 11 is 0. The topological polar surface area (TPSA) is 4.93 Å². The van der Waals surface area contributed by atoms with Gasteiger partial charge < -0.3 is 4.57 Å². The molecule has 1 aliphatic carbocycles. The Morgan fingerprint density at radius 1 is 0.957 bits per heavy atom. The van der Waals surface area contributed by atoms with Gasteiger partial charge in [0.1, 0.15) is 0 Å². The number of aromatic nitrogens is 1. The Balaban J connectivity index is 2.20. The summed E-state index contributed by atoms with van der Waals surface area (Å²) in [5.41, 5.74) is 3.48. The van der Waals surface area contributed by atoms with Crippen molar-refractivity contribution in [2.75, 3.05) is 0 Å². The average molecular weight is 319 g/mol. The molecule has 0 atom stereocenters. The van der Waals surface area contributed by atoms with Gasteiger partial charge in [-0.2, -0.15) is 0 Å². The van der Waals surface area contributed by atoms with Crippen LogP contribution in [-0.4, -0.2) is 10.5 Å². The van der Waals surface area contributed by atoms with Crippen molar-refractivity contribution >= 4 is 10.9 Å². The van der Waals surface area contributed by atoms with E-state index in [0.717, 1.165) is 16.6 Å². The van der Waals surface area contributed by atoms with Crippen molar-refractivity contribution in [3.05, 3.63) is 35.5 Å². The highest BCUT2D eigenvalue weighted by Gasteiger charge is 2.47. The maximum absolute atomic E-state index is 13.5. The monoisotopic (exact) mass is 319 g/mol. The van der Waals surface area contributed by atoms with E-state index < -0.39 is 5.92 Å². The van der Waals surface area contributed by atoms with E-state index in [1.165, 1.54) is 5.56 Å². The number of fused-ring (bicyclic) bond motifs is 1. The minimum Gasteiger partial charge on any atom is -0.341 e. The fourth-order valence-corrected chi connectivity index (χ4v) is 3.47. The summed E-state index contributed by atoms with van der Waals surface area (Å²) in [6.45, 7) is 13.0. The molecule has 0 saturated heterocycles. The Morgan fingerprint density at radius 2 is 1.57 bits per heavy atom. The molecule has 2 aromatic rings. The molecule has 0 aliphatic heterocycles. The average Bonchev–Trinajstić information content (AvgIpc) is 2.72. The predicted molar refractivity (Wildman–Crippen MR) is 92.6 cm³/mol. The molecule has 126 valence electrons. The molecule has 0 unspecified atom stereocenters. The van der Waals surface area contributed by atoms with E-state index in [-0.39, 0.29) is 29.7 Å². The fraction of sp³-hybridized carbons (Fsp3) is 0.600. The van der Waals surface area contributed by atoms with Gasteiger partial charge in [0.25, 0.3) is 5.92 Å². The lowest BCUT2D eigenvalue weighted by molar-refractivity contribution is -0.104. The molecular formula is C20H27F2N. The standard InChI is InChI=1S/C20H27F2N/c1-18(2,3)14-8-7-13-9-17(19(4,5)6)23(16(13)10-14)15-11-20(21,22)12-15/h7-10,15H,11-12H2,1-6H3. The van der Waals surface area contributed by atoms with Gasteiger partial charge in [0, 0.05) is 35.5 Å². The van der Waals surface area contributed by atoms with E-state index in [1.807, 2.05) is 0 Å². The number of halogens is 2. The molecule has 0 amide bonds. The van der Waals surface area contributed by atoms with Gasteiger partial charge in [-0.05, 0) is 28.5 Å². The zero-order chi connectivity index (χ0) is 17.2. The predicted octanol–water partition coefficient (Wildman–Crippen LogP) is 6.21. The number of benzene rings is 1. The normalized spacial score (nSPS) is 19.1. The van der Waals surface area contributed by atoms with Crippen molar-refractivity contribution in [1.29, 1.82) is 0 Å². The third kappa shape index (κ3) is 2.90. The first-order valence-corrected chi connectivity index (χ1v) is 8.42. The van der Waals surface area contributed by atoms with Crippen molar-refractivity contribution in [2.24, 2.45) is 0 Å². The van der Waals surface area contributed by atoms with Gasteiger partial charge in [-0.1, -0.05) is 53.7 Å². The van der Waals surface area contributed by atoms with Gasteiger partial charge in [0.15, 0.2) is 0 Å². The SMILES string of the molecule is CC(C)(C)c1ccc2cc(C(C)(C)C)n(C3CC(F)(F)C3)c2c1. The smallest absolute Gasteiger partial charge is 0.252 e. The van der Waals surface area contributed by atoms with Crippen LogP contribution < -0.4 is 0 Å². The molecule has 1 aromatic carbocycles. The molecule has 0 N–H and O–H groups in total. The molecule has 0 radical (unpaired) electrons. The maximum Gasteiger partial charge on any atom is 0.252 e. The van der Waals surface area contributed by atoms with Crippen molar-refractivity contribution in [2.45, 2.75) is 77.2 Å². The van der Waals surface area contributed by atoms with Crippen molar-refractivity contribution in [3.63, 3.8) is 0 Å². The number of hydrogen-bond acceptors (Lipinski definition) is 0. The van der Waals surface area contributed by atoms with Crippen LogP contribution in [0.1, 0.15) is 71.7 Å². The highest BCUT2D eigenvalue weighted by Crippen LogP contribution is 2.48. The number of rotatable bonds is 1. The summed E-state index contributed by atoms with van der Waals surface area (Å²) in [6.07, 6.45) is -0.0841. The number of nitrogens with zero attached hydrogens (tertiary/aromatic N) is 1. The highest BCUT2D eigenvalue weighted by atomic mass is 19.3. The summed E-state index contributed by atoms with van der Waals surface area (Å²) < 4.78 is 29.1. The second-order valence-electron chi connectivity index (χ2n) is 9.09. The first kappa shape index (κ1) is 16.5. The van der Waals surface area contributed by atoms with Crippen LogP contribution >= 0.6 is 0 Å². The van der Waals surface area contributed by atoms with Gasteiger partial charge in [-0.3, -0.25) is 0 Å². The minimum absolute atomic E-state index is 0.0421. The maximum atomic E-state index is 13.5. The molecule has 1 aliphatic rings. The molecule has 23 heavy (non-hydrogen) atoms. The zero-order valence-electron chi connectivity index (χ0n) is 15.0. The summed E-state index contributed by atoms with van der Waals surface area (Å²) in [4.78, 5) is 0. The highest BCUT2D eigenvalue weighted by molar-refractivity contribution is 5.83. The Hall–Kier alpha value is -1.38. The Bertz CT molecular complexity index is 733. The van der Waals surface area contributed by atoms with Gasteiger partial charge in [-0.15, -0.1) is 0 Å². The lowest BCUT2D eigenvalue weighted by Gasteiger charge is -2.39. The molecule has 0 spiro atoms. The van der Waals surface area contributed by atoms with E-state index in [9.17, 15) is 8.78 Å². The Labute approximate surface area is 137 Å². The molecule has 1 nitrogen and oxygen atoms in total. The van der Waals surface area contributed by atoms with Gasteiger partial charge in [-0.25, -0.2) is 8.78 Å². The van der Waals surface area contributed by atoms with Crippen LogP contribution in [0.4, 0.5) is 8.78 Å². The number of alkyl halides is 2. The fourth-order valence-electron chi connectivity index (χ4n) is 3.47. The van der Waals surface area contributed by atoms with Crippen LogP contribution in [0, 0.1) is 0 Å². The third-order valence-electron chi connectivity index (χ3n) is 4.91. The van der Waals surface area contributed by atoms with Crippen molar-refractivity contribution in [3.8, 4) is 0 Å². The first-order valence-electron chi connectivity index (χ1n) is 8.42. The van der Waals surface area contributed by atoms with E-state index in [1.54, 1.807) is 0 Å². The second kappa shape index (κ2) is 4.81. The molecule has 0 bridgehead atoms. The van der Waals surface area contributed by atoms with E-state index >= 15 is 0 Å². The lowest BCUT2D eigenvalue weighted by Crippen LogP contribution is -2.38. The molecule has 3 rings (SSSR count). The van der Waals surface area contributed by atoms with Crippen LogP contribution in [0.15, 0.2) is 24.3 Å². The van der Waals surface area contributed by atoms with Gasteiger partial charge in [0.05, 0.1) is 0 Å². The van der Waals surface area contributed by atoms with Crippen LogP contribution in [-0.2, 0) is 10.8 Å². The van der Waals surface area contributed by atoms with Crippen LogP contribution in [0.2, 0.25) is 0 Å². The Kier molecular flexibility index (Phi) is 3.45. The molecule has 3 heteroatoms. The zero-order valence-corrected chi connectivity index (χ0v) is 15.0.